The van der Waals surface area contributed by atoms with Gasteiger partial charge in [-0.15, -0.1) is 0 Å². The molecule has 6 fully saturated rings. The highest BCUT2D eigenvalue weighted by molar-refractivity contribution is 7.73. The highest BCUT2D eigenvalue weighted by atomic mass is 31.2. The lowest BCUT2D eigenvalue weighted by Crippen LogP contribution is -2.42. The Balaban J connectivity index is 0.000000211. The van der Waals surface area contributed by atoms with Crippen LogP contribution in [0.15, 0.2) is 18.2 Å². The van der Waals surface area contributed by atoms with Crippen molar-refractivity contribution in [2.45, 2.75) is 0 Å². The summed E-state index contributed by atoms with van der Waals surface area (Å²) in [5.74, 6) is -0.617. The molecule has 0 spiro atoms. The van der Waals surface area contributed by atoms with Crippen molar-refractivity contribution in [3.63, 3.8) is 0 Å². The average molecular weight is 469 g/mol. The molecule has 6 heterocycles. The highest BCUT2D eigenvalue weighted by Crippen LogP contribution is 2.66. The zero-order chi connectivity index (χ0) is 20.6. The first kappa shape index (κ1) is 21.7. The molecule has 0 aliphatic carbocycles. The Kier molecular flexibility index (Phi) is 6.38. The number of carbonyl (C=O) groups is 1. The zero-order valence-corrected chi connectivity index (χ0v) is 17.8. The van der Waals surface area contributed by atoms with E-state index in [0.717, 1.165) is 38.0 Å². The summed E-state index contributed by atoms with van der Waals surface area (Å²) >= 11 is 0. The van der Waals surface area contributed by atoms with Gasteiger partial charge in [-0.3, -0.25) is 4.57 Å². The molecular weight excluding hydrogens is 449 g/mol. The lowest BCUT2D eigenvalue weighted by molar-refractivity contribution is -0.0129. The lowest BCUT2D eigenvalue weighted by Gasteiger charge is -2.35. The normalized spacial score (nSPS) is 33.1. The van der Waals surface area contributed by atoms with Crippen LogP contribution in [-0.2, 0) is 31.7 Å². The fourth-order valence-electron chi connectivity index (χ4n) is 2.95. The van der Waals surface area contributed by atoms with Crippen LogP contribution in [-0.4, -0.2) is 60.5 Å². The molecule has 0 radical (unpaired) electrons. The first-order chi connectivity index (χ1) is 13.8. The van der Waals surface area contributed by atoms with E-state index < -0.39 is 30.1 Å². The van der Waals surface area contributed by atoms with E-state index in [-0.39, 0.29) is 22.1 Å². The fraction of sp³-hybridized carbons (Fsp3) is 0.533. The van der Waals surface area contributed by atoms with Crippen molar-refractivity contribution in [3.8, 4) is 0 Å². The van der Waals surface area contributed by atoms with Gasteiger partial charge < -0.3 is 28.5 Å². The Morgan fingerprint density at radius 3 is 1.86 bits per heavy atom. The molecule has 1 aromatic rings. The molecule has 0 amide bonds. The summed E-state index contributed by atoms with van der Waals surface area (Å²) in [6.45, 7) is 3.62. The molecule has 0 aromatic heterocycles. The third-order valence-electron chi connectivity index (χ3n) is 4.52. The van der Waals surface area contributed by atoms with Crippen LogP contribution in [0.5, 0.6) is 0 Å². The van der Waals surface area contributed by atoms with E-state index in [2.05, 4.69) is 0 Å². The molecule has 6 saturated heterocycles. The van der Waals surface area contributed by atoms with E-state index >= 15 is 0 Å². The first-order valence-corrected chi connectivity index (χ1v) is 13.0. The molecule has 7 rings (SSSR count). The minimum atomic E-state index is -4.62. The number of hydrogen-bond acceptors (Lipinski definition) is 8. The maximum absolute atomic E-state index is 11.6. The Bertz CT molecular complexity index is 775. The highest BCUT2D eigenvalue weighted by Gasteiger charge is 2.59. The van der Waals surface area contributed by atoms with Crippen LogP contribution < -0.4 is 10.6 Å². The Morgan fingerprint density at radius 1 is 0.966 bits per heavy atom. The standard InChI is InChI=1S/C11H12O8P2.C4H7O3P/c12-11(13)8-1-2-9(20(14,15)16)10(3-8)21-17-4-7(5-18-21)6-19-21;1-4-2-6-8(5-1)7-3-4/h1-3,7H,4-6H2,(H2-,12,13,14,15,16);4H,1-3H2/p+1. The van der Waals surface area contributed by atoms with E-state index in [1.807, 2.05) is 0 Å². The molecular formula is C15H20O11P3+. The average Bonchev–Trinajstić information content (AvgIpc) is 2.76. The van der Waals surface area contributed by atoms with Crippen LogP contribution in [0.1, 0.15) is 10.4 Å². The van der Waals surface area contributed by atoms with Gasteiger partial charge in [0.1, 0.15) is 25.1 Å². The minimum Gasteiger partial charge on any atom is -0.478 e. The molecule has 11 nitrogen and oxygen atoms in total. The molecule has 14 heteroatoms. The van der Waals surface area contributed by atoms with Crippen molar-refractivity contribution >= 4 is 40.7 Å². The smallest absolute Gasteiger partial charge is 0.449 e. The van der Waals surface area contributed by atoms with Crippen molar-refractivity contribution in [2.75, 3.05) is 39.6 Å². The van der Waals surface area contributed by atoms with Crippen molar-refractivity contribution in [1.82, 2.24) is 0 Å². The van der Waals surface area contributed by atoms with Gasteiger partial charge in [0, 0.05) is 17.9 Å². The fourth-order valence-corrected chi connectivity index (χ4v) is 8.08. The van der Waals surface area contributed by atoms with Crippen LogP contribution in [0.4, 0.5) is 0 Å². The van der Waals surface area contributed by atoms with Crippen LogP contribution in [0.25, 0.3) is 0 Å². The second kappa shape index (κ2) is 8.54. The van der Waals surface area contributed by atoms with Gasteiger partial charge in [-0.05, 0) is 12.1 Å². The predicted molar refractivity (Wildman–Crippen MR) is 101 cm³/mol. The van der Waals surface area contributed by atoms with Gasteiger partial charge in [-0.2, -0.15) is 13.6 Å². The molecule has 6 aliphatic rings. The molecule has 1 aromatic carbocycles. The summed E-state index contributed by atoms with van der Waals surface area (Å²) in [7, 11) is -8.63. The molecule has 4 bridgehead atoms. The van der Waals surface area contributed by atoms with Crippen molar-refractivity contribution in [3.05, 3.63) is 23.8 Å². The molecule has 29 heavy (non-hydrogen) atoms. The molecule has 0 atom stereocenters. The van der Waals surface area contributed by atoms with Gasteiger partial charge >= 0.3 is 30.1 Å². The second-order valence-electron chi connectivity index (χ2n) is 6.78. The van der Waals surface area contributed by atoms with E-state index in [4.69, 9.17) is 32.2 Å². The molecule has 3 N–H and O–H groups in total. The molecule has 6 aliphatic heterocycles. The third kappa shape index (κ3) is 4.71. The number of benzene rings is 1. The number of fused-ring (bicyclic) bond motifs is 6. The predicted octanol–water partition coefficient (Wildman–Crippen LogP) is 1.18. The number of carboxylic acid groups (broad SMARTS) is 1. The van der Waals surface area contributed by atoms with E-state index in [0.29, 0.717) is 25.7 Å². The van der Waals surface area contributed by atoms with Crippen LogP contribution in [0.3, 0.4) is 0 Å². The summed E-state index contributed by atoms with van der Waals surface area (Å²) in [5, 5.41) is 8.75. The van der Waals surface area contributed by atoms with Crippen molar-refractivity contribution in [1.29, 1.82) is 0 Å². The zero-order valence-electron chi connectivity index (χ0n) is 15.1. The monoisotopic (exact) mass is 469 g/mol. The van der Waals surface area contributed by atoms with Crippen LogP contribution >= 0.6 is 24.1 Å². The minimum absolute atomic E-state index is 0.00823. The maximum atomic E-state index is 11.6. The number of aromatic carboxylic acids is 1. The maximum Gasteiger partial charge on any atom is 0.449 e. The SMILES string of the molecule is C1OP2OCC1CO2.O=C(O)c1ccc(P(=O)(O)O)c([P+]23OCC(CO2)CO3)c1. The number of carboxylic acids is 1. The van der Waals surface area contributed by atoms with Crippen molar-refractivity contribution in [2.24, 2.45) is 11.8 Å². The summed E-state index contributed by atoms with van der Waals surface area (Å²) in [6, 6.07) is 3.39. The van der Waals surface area contributed by atoms with Gasteiger partial charge in [0.05, 0.1) is 25.4 Å². The largest absolute Gasteiger partial charge is 0.478 e. The molecule has 0 unspecified atom stereocenters. The summed E-state index contributed by atoms with van der Waals surface area (Å²) in [5.41, 5.74) is -0.111. The second-order valence-corrected chi connectivity index (χ2v) is 11.8. The van der Waals surface area contributed by atoms with Gasteiger partial charge in [-0.25, -0.2) is 4.79 Å². The number of hydrogen-bond donors (Lipinski definition) is 3. The lowest BCUT2D eigenvalue weighted by atomic mass is 10.2. The Hall–Kier alpha value is -0.540. The summed E-state index contributed by atoms with van der Waals surface area (Å²) < 4.78 is 43.6. The molecule has 160 valence electrons. The summed E-state index contributed by atoms with van der Waals surface area (Å²) in [4.78, 5) is 30.0. The van der Waals surface area contributed by atoms with Crippen LogP contribution in [0, 0.1) is 11.8 Å². The van der Waals surface area contributed by atoms with Crippen LogP contribution in [0.2, 0.25) is 0 Å². The first-order valence-electron chi connectivity index (χ1n) is 8.72. The third-order valence-corrected chi connectivity index (χ3v) is 9.22. The van der Waals surface area contributed by atoms with Gasteiger partial charge in [0.2, 0.25) is 0 Å². The number of rotatable bonds is 3. The van der Waals surface area contributed by atoms with Gasteiger partial charge in [-0.1, -0.05) is 0 Å². The quantitative estimate of drug-likeness (QED) is 0.548. The summed E-state index contributed by atoms with van der Waals surface area (Å²) in [6.07, 6.45) is 0. The van der Waals surface area contributed by atoms with Gasteiger partial charge in [0.15, 0.2) is 5.30 Å². The van der Waals surface area contributed by atoms with E-state index in [1.54, 1.807) is 0 Å². The van der Waals surface area contributed by atoms with Crippen molar-refractivity contribution < 1.29 is 51.4 Å². The Labute approximate surface area is 167 Å². The Morgan fingerprint density at radius 2 is 1.48 bits per heavy atom. The molecule has 0 saturated carbocycles. The van der Waals surface area contributed by atoms with E-state index in [9.17, 15) is 19.1 Å². The van der Waals surface area contributed by atoms with Gasteiger partial charge in [0.25, 0.3) is 0 Å². The van der Waals surface area contributed by atoms with E-state index in [1.165, 1.54) is 0 Å². The topological polar surface area (TPSA) is 150 Å².